The van der Waals surface area contributed by atoms with Gasteiger partial charge in [0.25, 0.3) is 0 Å². The van der Waals surface area contributed by atoms with Gasteiger partial charge in [-0.2, -0.15) is 0 Å². The molecule has 0 aliphatic carbocycles. The second-order valence-electron chi connectivity index (χ2n) is 4.81. The first-order valence-corrected chi connectivity index (χ1v) is 6.56. The highest BCUT2D eigenvalue weighted by atomic mass is 16.6. The lowest BCUT2D eigenvalue weighted by Gasteiger charge is -2.20. The van der Waals surface area contributed by atoms with Crippen molar-refractivity contribution in [2.45, 2.75) is 26.4 Å². The molecule has 4 heteroatoms. The fourth-order valence-corrected chi connectivity index (χ4v) is 1.69. The molecule has 1 atom stereocenters. The average Bonchev–Trinajstić information content (AvgIpc) is 2.44. The van der Waals surface area contributed by atoms with Crippen molar-refractivity contribution in [3.8, 4) is 5.75 Å². The molecule has 0 fully saturated rings. The summed E-state index contributed by atoms with van der Waals surface area (Å²) >= 11 is 0. The van der Waals surface area contributed by atoms with E-state index in [1.54, 1.807) is 24.3 Å². The van der Waals surface area contributed by atoms with Crippen molar-refractivity contribution in [2.24, 2.45) is 5.92 Å². The molecule has 0 amide bonds. The lowest BCUT2D eigenvalue weighted by atomic mass is 10.1. The maximum absolute atomic E-state index is 12.0. The van der Waals surface area contributed by atoms with Crippen LogP contribution in [0.3, 0.4) is 0 Å². The molecule has 108 valence electrons. The first-order chi connectivity index (χ1) is 9.58. The molecule has 0 saturated carbocycles. The van der Waals surface area contributed by atoms with Crippen molar-refractivity contribution in [3.63, 3.8) is 0 Å². The maximum atomic E-state index is 12.0. The fourth-order valence-electron chi connectivity index (χ4n) is 1.69. The topological polar surface area (TPSA) is 52.6 Å². The Bertz CT molecular complexity index is 465. The van der Waals surface area contributed by atoms with E-state index in [0.29, 0.717) is 24.0 Å². The van der Waals surface area contributed by atoms with Crippen LogP contribution < -0.4 is 4.74 Å². The van der Waals surface area contributed by atoms with Gasteiger partial charge in [0, 0.05) is 0 Å². The second-order valence-corrected chi connectivity index (χ2v) is 4.81. The molecule has 0 spiro atoms. The molecule has 4 nitrogen and oxygen atoms in total. The van der Waals surface area contributed by atoms with Crippen molar-refractivity contribution >= 4 is 12.3 Å². The summed E-state index contributed by atoms with van der Waals surface area (Å²) in [6, 6.07) is 6.80. The van der Waals surface area contributed by atoms with Crippen LogP contribution in [0.15, 0.2) is 36.9 Å². The minimum Gasteiger partial charge on any atom is -0.478 e. The van der Waals surface area contributed by atoms with Crippen LogP contribution in [0.1, 0.15) is 30.6 Å². The Morgan fingerprint density at radius 1 is 1.35 bits per heavy atom. The van der Waals surface area contributed by atoms with Crippen molar-refractivity contribution < 1.29 is 19.1 Å². The molecular weight excluding hydrogens is 256 g/mol. The monoisotopic (exact) mass is 276 g/mol. The first-order valence-electron chi connectivity index (χ1n) is 6.56. The van der Waals surface area contributed by atoms with Crippen molar-refractivity contribution in [1.82, 2.24) is 0 Å². The summed E-state index contributed by atoms with van der Waals surface area (Å²) in [7, 11) is 0. The molecule has 0 heterocycles. The Morgan fingerprint density at radius 3 is 2.65 bits per heavy atom. The number of carbonyl (C=O) groups is 2. The van der Waals surface area contributed by atoms with Crippen LogP contribution in [0.4, 0.5) is 0 Å². The second kappa shape index (κ2) is 8.15. The summed E-state index contributed by atoms with van der Waals surface area (Å²) in [5.41, 5.74) is 0.415. The minimum absolute atomic E-state index is 0.145. The highest BCUT2D eigenvalue weighted by Gasteiger charge is 2.24. The maximum Gasteiger partial charge on any atom is 0.347 e. The Morgan fingerprint density at radius 2 is 2.05 bits per heavy atom. The van der Waals surface area contributed by atoms with Gasteiger partial charge in [-0.1, -0.05) is 38.6 Å². The van der Waals surface area contributed by atoms with Gasteiger partial charge in [-0.3, -0.25) is 4.79 Å². The third kappa shape index (κ3) is 4.88. The molecule has 1 rings (SSSR count). The van der Waals surface area contributed by atoms with Crippen molar-refractivity contribution in [1.29, 1.82) is 0 Å². The van der Waals surface area contributed by atoms with E-state index in [0.717, 1.165) is 0 Å². The number of hydrogen-bond donors (Lipinski definition) is 0. The van der Waals surface area contributed by atoms with Gasteiger partial charge in [0.05, 0.1) is 5.56 Å². The minimum atomic E-state index is -0.726. The van der Waals surface area contributed by atoms with Crippen LogP contribution in [0.5, 0.6) is 5.75 Å². The fraction of sp³-hybridized carbons (Fsp3) is 0.375. The Balaban J connectivity index is 2.85. The van der Waals surface area contributed by atoms with Gasteiger partial charge < -0.3 is 9.47 Å². The van der Waals surface area contributed by atoms with Crippen LogP contribution in [-0.4, -0.2) is 25.0 Å². The standard InChI is InChI=1S/C16H20O4/c1-4-9-19-16(18)15(10-12(2)3)20-14-8-6-5-7-13(14)11-17/h4-8,11-12,15H,1,9-10H2,2-3H3/t15-/m1/s1. The van der Waals surface area contributed by atoms with Gasteiger partial charge in [0.2, 0.25) is 0 Å². The molecule has 0 N–H and O–H groups in total. The molecule has 1 aromatic rings. The predicted octanol–water partition coefficient (Wildman–Crippen LogP) is 3.02. The van der Waals surface area contributed by atoms with Crippen LogP contribution in [-0.2, 0) is 9.53 Å². The summed E-state index contributed by atoms with van der Waals surface area (Å²) in [4.78, 5) is 22.9. The van der Waals surface area contributed by atoms with Gasteiger partial charge >= 0.3 is 5.97 Å². The summed E-state index contributed by atoms with van der Waals surface area (Å²) < 4.78 is 10.7. The third-order valence-electron chi connectivity index (χ3n) is 2.61. The van der Waals surface area contributed by atoms with E-state index in [1.165, 1.54) is 6.08 Å². The van der Waals surface area contributed by atoms with Gasteiger partial charge in [0.1, 0.15) is 12.4 Å². The van der Waals surface area contributed by atoms with E-state index in [-0.39, 0.29) is 12.5 Å². The number of hydrogen-bond acceptors (Lipinski definition) is 4. The number of aldehydes is 1. The van der Waals surface area contributed by atoms with E-state index in [9.17, 15) is 9.59 Å². The number of carbonyl (C=O) groups excluding carboxylic acids is 2. The highest BCUT2D eigenvalue weighted by molar-refractivity contribution is 5.80. The molecule has 0 radical (unpaired) electrons. The Kier molecular flexibility index (Phi) is 6.50. The molecule has 0 saturated heterocycles. The van der Waals surface area contributed by atoms with Crippen molar-refractivity contribution in [2.75, 3.05) is 6.61 Å². The summed E-state index contributed by atoms with van der Waals surface area (Å²) in [6.07, 6.45) is 2.00. The molecular formula is C16H20O4. The summed E-state index contributed by atoms with van der Waals surface area (Å²) in [6.45, 7) is 7.62. The molecule has 0 aliphatic heterocycles. The largest absolute Gasteiger partial charge is 0.478 e. The van der Waals surface area contributed by atoms with Gasteiger partial charge in [0.15, 0.2) is 12.4 Å². The Labute approximate surface area is 119 Å². The lowest BCUT2D eigenvalue weighted by Crippen LogP contribution is -2.31. The van der Waals surface area contributed by atoms with E-state index in [4.69, 9.17) is 9.47 Å². The van der Waals surface area contributed by atoms with Crippen LogP contribution in [0, 0.1) is 5.92 Å². The first kappa shape index (κ1) is 16.0. The van der Waals surface area contributed by atoms with E-state index >= 15 is 0 Å². The third-order valence-corrected chi connectivity index (χ3v) is 2.61. The molecule has 0 aromatic heterocycles. The molecule has 20 heavy (non-hydrogen) atoms. The van der Waals surface area contributed by atoms with Gasteiger partial charge in [-0.05, 0) is 24.5 Å². The zero-order valence-electron chi connectivity index (χ0n) is 11.9. The van der Waals surface area contributed by atoms with Crippen LogP contribution in [0.25, 0.3) is 0 Å². The molecule has 0 unspecified atom stereocenters. The molecule has 0 bridgehead atoms. The van der Waals surface area contributed by atoms with Crippen molar-refractivity contribution in [3.05, 3.63) is 42.5 Å². The summed E-state index contributed by atoms with van der Waals surface area (Å²) in [5.74, 6) is 0.211. The highest BCUT2D eigenvalue weighted by Crippen LogP contribution is 2.20. The van der Waals surface area contributed by atoms with Crippen LogP contribution >= 0.6 is 0 Å². The van der Waals surface area contributed by atoms with E-state index < -0.39 is 12.1 Å². The number of para-hydroxylation sites is 1. The lowest BCUT2D eigenvalue weighted by molar-refractivity contribution is -0.151. The van der Waals surface area contributed by atoms with Gasteiger partial charge in [-0.15, -0.1) is 0 Å². The quantitative estimate of drug-likeness (QED) is 0.416. The SMILES string of the molecule is C=CCOC(=O)[C@@H](CC(C)C)Oc1ccccc1C=O. The average molecular weight is 276 g/mol. The van der Waals surface area contributed by atoms with E-state index in [1.807, 2.05) is 13.8 Å². The zero-order chi connectivity index (χ0) is 15.0. The van der Waals surface area contributed by atoms with Crippen LogP contribution in [0.2, 0.25) is 0 Å². The van der Waals surface area contributed by atoms with Gasteiger partial charge in [-0.25, -0.2) is 4.79 Å². The molecule has 1 aromatic carbocycles. The number of rotatable bonds is 8. The number of ether oxygens (including phenoxy) is 2. The summed E-state index contributed by atoms with van der Waals surface area (Å²) in [5, 5.41) is 0. The molecule has 0 aliphatic rings. The zero-order valence-corrected chi connectivity index (χ0v) is 11.9. The predicted molar refractivity (Wildman–Crippen MR) is 76.9 cm³/mol. The van der Waals surface area contributed by atoms with E-state index in [2.05, 4.69) is 6.58 Å². The smallest absolute Gasteiger partial charge is 0.347 e. The number of benzene rings is 1. The normalized spacial score (nSPS) is 11.8. The number of esters is 1. The Hall–Kier alpha value is -2.10.